The van der Waals surface area contributed by atoms with Crippen LogP contribution in [0.1, 0.15) is 0 Å². The van der Waals surface area contributed by atoms with Crippen molar-refractivity contribution >= 4 is 24.1 Å². The number of rotatable bonds is 0. The van der Waals surface area contributed by atoms with E-state index < -0.39 is 0 Å². The van der Waals surface area contributed by atoms with Crippen LogP contribution in [0.25, 0.3) is 0 Å². The van der Waals surface area contributed by atoms with Crippen LogP contribution in [0.5, 0.6) is 0 Å². The molecule has 0 aliphatic carbocycles. The first-order valence-corrected chi connectivity index (χ1v) is 3.73. The molecular weight excluding hydrogens is 77.7 g/mol. The Hall–Kier alpha value is 0.480. The Kier molecular flexibility index (Phi) is 2.96. The van der Waals surface area contributed by atoms with Crippen molar-refractivity contribution in [3.63, 3.8) is 0 Å². The summed E-state index contributed by atoms with van der Waals surface area (Å²) >= 11 is 0. The van der Waals surface area contributed by atoms with Crippen molar-refractivity contribution in [3.05, 3.63) is 0 Å². The Bertz CT molecular complexity index is 45.6. The van der Waals surface area contributed by atoms with Crippen LogP contribution < -0.4 is 0 Å². The van der Waals surface area contributed by atoms with Gasteiger partial charge in [0.05, 0.1) is 0 Å². The summed E-state index contributed by atoms with van der Waals surface area (Å²) in [5, 5.41) is 0. The van der Waals surface area contributed by atoms with Crippen LogP contribution in [0.15, 0.2) is 0 Å². The fourth-order valence-electron chi connectivity index (χ4n) is 0. The first-order chi connectivity index (χ1) is 2.27. The summed E-state index contributed by atoms with van der Waals surface area (Å²) in [5.41, 5.74) is 0. The van der Waals surface area contributed by atoms with E-state index in [0.29, 0.717) is 10.3 Å². The normalized spacial score (nSPS) is 7.80. The average Bonchev–Trinajstić information content (AvgIpc) is 1.38. The molecule has 3 heteroatoms. The second-order valence-corrected chi connectivity index (χ2v) is 3.35. The van der Waals surface area contributed by atoms with E-state index in [-0.39, 0.29) is 0 Å². The zero-order valence-electron chi connectivity index (χ0n) is 3.99. The summed E-state index contributed by atoms with van der Waals surface area (Å²) in [6.07, 6.45) is 4.39. The van der Waals surface area contributed by atoms with Crippen LogP contribution in [0.3, 0.4) is 0 Å². The zero-order chi connectivity index (χ0) is 4.28. The van der Waals surface area contributed by atoms with Crippen LogP contribution in [0, 0.1) is 0 Å². The summed E-state index contributed by atoms with van der Waals surface area (Å²) in [6.45, 7) is 0. The van der Waals surface area contributed by atoms with E-state index in [9.17, 15) is 0 Å². The molecule has 0 amide bonds. The van der Waals surface area contributed by atoms with Crippen molar-refractivity contribution in [1.29, 1.82) is 0 Å². The van der Waals surface area contributed by atoms with Gasteiger partial charge < -0.3 is 0 Å². The summed E-state index contributed by atoms with van der Waals surface area (Å²) in [4.78, 5) is 0. The zero-order valence-corrected chi connectivity index (χ0v) is 4.80. The van der Waals surface area contributed by atoms with Gasteiger partial charge in [0.2, 0.25) is 0 Å². The van der Waals surface area contributed by atoms with Gasteiger partial charge in [-0.05, 0) is 0 Å². The first-order valence-electron chi connectivity index (χ1n) is 1.63. The Labute approximate surface area is 37.4 Å². The van der Waals surface area contributed by atoms with Gasteiger partial charge in [-0.2, -0.15) is 0 Å². The van der Waals surface area contributed by atoms with Crippen molar-refractivity contribution < 1.29 is 0 Å². The quantitative estimate of drug-likeness (QED) is 0.354. The monoisotopic (exact) mass is 86.1 g/mol. The molecule has 5 heavy (non-hydrogen) atoms. The van der Waals surface area contributed by atoms with Crippen LogP contribution in [0.4, 0.5) is 0 Å². The molecule has 0 saturated carbocycles. The molecule has 0 radical (unpaired) electrons. The fraction of sp³-hybridized carbons (Fsp3) is 1.00. The molecule has 0 aromatic rings. The van der Waals surface area contributed by atoms with E-state index >= 15 is 0 Å². The summed E-state index contributed by atoms with van der Waals surface area (Å²) in [6, 6.07) is 2.19. The third-order valence-corrected chi connectivity index (χ3v) is 1.41. The second kappa shape index (κ2) is 2.70. The van der Waals surface area contributed by atoms with Gasteiger partial charge in [0, 0.05) is 0 Å². The van der Waals surface area contributed by atoms with Crippen LogP contribution >= 0.6 is 10.3 Å². The molecule has 0 aliphatic heterocycles. The maximum atomic E-state index is 2.19. The van der Waals surface area contributed by atoms with Crippen molar-refractivity contribution in [2.24, 2.45) is 0 Å². The molecule has 0 fully saturated rings. The first kappa shape index (κ1) is 5.48. The van der Waals surface area contributed by atoms with E-state index in [1.165, 1.54) is 0 Å². The van der Waals surface area contributed by atoms with Crippen molar-refractivity contribution in [1.82, 2.24) is 0 Å². The second-order valence-electron chi connectivity index (χ2n) is 1.12. The molecule has 28 valence electrons. The molecule has 0 aromatic carbocycles. The van der Waals surface area contributed by atoms with Crippen LogP contribution in [-0.2, 0) is 0 Å². The topological polar surface area (TPSA) is 0 Å². The molecule has 0 unspecified atom stereocenters. The average molecular weight is 85.8 g/mol. The Morgan fingerprint density at radius 2 is 1.80 bits per heavy atom. The molecule has 0 N–H and O–H groups in total. The Balaban J connectivity index is 3.14. The van der Waals surface area contributed by atoms with Gasteiger partial charge >= 0.3 is 36.6 Å². The van der Waals surface area contributed by atoms with E-state index in [1.54, 1.807) is 0 Å². The molecule has 0 atom stereocenters. The number of hydrogen-bond acceptors (Lipinski definition) is 0. The maximum absolute atomic E-state index is 2.19. The third-order valence-electron chi connectivity index (χ3n) is 0.471. The molecule has 0 aromatic heterocycles. The predicted molar refractivity (Wildman–Crippen MR) is 33.7 cm³/mol. The van der Waals surface area contributed by atoms with Crippen LogP contribution in [-0.4, -0.2) is 26.3 Å². The van der Waals surface area contributed by atoms with Crippen LogP contribution in [0.2, 0.25) is 0 Å². The fourth-order valence-corrected chi connectivity index (χ4v) is 0. The van der Waals surface area contributed by atoms with E-state index in [0.717, 1.165) is 0 Å². The van der Waals surface area contributed by atoms with E-state index in [2.05, 4.69) is 26.3 Å². The van der Waals surface area contributed by atoms with Gasteiger partial charge in [0.1, 0.15) is 0 Å². The van der Waals surface area contributed by atoms with Gasteiger partial charge in [-0.3, -0.25) is 0 Å². The molecule has 0 bridgehead atoms. The van der Waals surface area contributed by atoms with Gasteiger partial charge in [-0.25, -0.2) is 0 Å². The number of hydrogen-bond donors (Lipinski definition) is 0. The van der Waals surface area contributed by atoms with Gasteiger partial charge in [-0.1, -0.05) is 0 Å². The van der Waals surface area contributed by atoms with Crippen molar-refractivity contribution in [3.8, 4) is 0 Å². The Morgan fingerprint density at radius 1 is 1.60 bits per heavy atom. The summed E-state index contributed by atoms with van der Waals surface area (Å²) in [5.74, 6) is 0. The van der Waals surface area contributed by atoms with E-state index in [1.807, 2.05) is 0 Å². The standard InChI is InChI=1S/C2H8B2S/c1-5(2)4-3/h3H2,1-2H3. The van der Waals surface area contributed by atoms with E-state index in [4.69, 9.17) is 0 Å². The molecule has 0 rings (SSSR count). The molecule has 0 nitrogen and oxygen atoms in total. The molecule has 0 aliphatic rings. The summed E-state index contributed by atoms with van der Waals surface area (Å²) in [7, 11) is 2.64. The minimum absolute atomic E-state index is 0.552. The van der Waals surface area contributed by atoms with Gasteiger partial charge in [-0.15, -0.1) is 0 Å². The van der Waals surface area contributed by atoms with Gasteiger partial charge in [0.25, 0.3) is 0 Å². The molecule has 0 saturated heterocycles. The van der Waals surface area contributed by atoms with Gasteiger partial charge in [0.15, 0.2) is 0 Å². The summed E-state index contributed by atoms with van der Waals surface area (Å²) < 4.78 is 0. The molecular formula is C2H8B2S. The SMILES string of the molecule is BB=S(C)C. The van der Waals surface area contributed by atoms with Crippen molar-refractivity contribution in [2.45, 2.75) is 0 Å². The van der Waals surface area contributed by atoms with Crippen molar-refractivity contribution in [2.75, 3.05) is 12.5 Å². The molecule has 0 heterocycles. The molecule has 0 spiro atoms. The predicted octanol–water partition coefficient (Wildman–Crippen LogP) is -0.318. The third kappa shape index (κ3) is 4.48. The minimum atomic E-state index is 0.552. The Morgan fingerprint density at radius 3 is 1.80 bits per heavy atom.